The van der Waals surface area contributed by atoms with Gasteiger partial charge in [0, 0.05) is 43.9 Å². The Hall–Kier alpha value is -2.25. The second-order valence-corrected chi connectivity index (χ2v) is 8.03. The van der Waals surface area contributed by atoms with Crippen molar-refractivity contribution in [3.63, 3.8) is 0 Å². The van der Waals surface area contributed by atoms with Crippen molar-refractivity contribution in [1.82, 2.24) is 20.0 Å². The summed E-state index contributed by atoms with van der Waals surface area (Å²) in [5, 5.41) is 7.91. The summed E-state index contributed by atoms with van der Waals surface area (Å²) in [5.74, 6) is 0.319. The van der Waals surface area contributed by atoms with Crippen molar-refractivity contribution in [3.05, 3.63) is 46.0 Å². The summed E-state index contributed by atoms with van der Waals surface area (Å²) in [6, 6.07) is 6.66. The third-order valence-corrected chi connectivity index (χ3v) is 5.75. The second kappa shape index (κ2) is 9.05. The van der Waals surface area contributed by atoms with E-state index in [0.717, 1.165) is 57.5 Å². The zero-order valence-electron chi connectivity index (χ0n) is 17.0. The molecule has 7 heteroatoms. The van der Waals surface area contributed by atoms with Crippen LogP contribution < -0.4 is 15.6 Å². The van der Waals surface area contributed by atoms with Gasteiger partial charge in [0.25, 0.3) is 5.56 Å². The molecule has 1 saturated heterocycles. The number of aryl methyl sites for hydroxylation is 1. The smallest absolute Gasteiger partial charge is 0.269 e. The molecule has 2 fully saturated rings. The number of piperazine rings is 1. The van der Waals surface area contributed by atoms with Gasteiger partial charge in [0.1, 0.15) is 0 Å². The SMILES string of the molecule is COc1ccc(-c2cc(CCCN3CCNCC3)c(=O)n(CC3CC3)n2)cc1F. The summed E-state index contributed by atoms with van der Waals surface area (Å²) in [7, 11) is 1.45. The number of nitrogens with zero attached hydrogens (tertiary/aromatic N) is 3. The molecule has 0 unspecified atom stereocenters. The highest BCUT2D eigenvalue weighted by molar-refractivity contribution is 5.60. The minimum atomic E-state index is -0.424. The minimum Gasteiger partial charge on any atom is -0.494 e. The first-order valence-corrected chi connectivity index (χ1v) is 10.5. The van der Waals surface area contributed by atoms with Crippen LogP contribution in [-0.2, 0) is 13.0 Å². The van der Waals surface area contributed by atoms with Crippen molar-refractivity contribution in [2.24, 2.45) is 5.92 Å². The van der Waals surface area contributed by atoms with E-state index in [2.05, 4.69) is 15.3 Å². The fourth-order valence-corrected chi connectivity index (χ4v) is 3.84. The number of rotatable bonds is 8. The molecule has 2 heterocycles. The molecule has 2 aromatic rings. The van der Waals surface area contributed by atoms with Crippen LogP contribution in [0.2, 0.25) is 0 Å². The van der Waals surface area contributed by atoms with Gasteiger partial charge in [-0.3, -0.25) is 4.79 Å². The Labute approximate surface area is 170 Å². The third kappa shape index (κ3) is 5.03. The Kier molecular flexibility index (Phi) is 6.25. The number of halogens is 1. The zero-order chi connectivity index (χ0) is 20.2. The predicted molar refractivity (Wildman–Crippen MR) is 111 cm³/mol. The van der Waals surface area contributed by atoms with Crippen LogP contribution in [0, 0.1) is 11.7 Å². The molecule has 6 nitrogen and oxygen atoms in total. The van der Waals surface area contributed by atoms with E-state index in [9.17, 15) is 9.18 Å². The van der Waals surface area contributed by atoms with Gasteiger partial charge in [-0.2, -0.15) is 5.10 Å². The summed E-state index contributed by atoms with van der Waals surface area (Å²) < 4.78 is 20.8. The van der Waals surface area contributed by atoms with E-state index < -0.39 is 5.82 Å². The molecule has 2 aliphatic rings. The molecule has 1 aliphatic heterocycles. The van der Waals surface area contributed by atoms with Crippen molar-refractivity contribution in [3.8, 4) is 17.0 Å². The molecule has 1 aromatic heterocycles. The number of benzene rings is 1. The van der Waals surface area contributed by atoms with Gasteiger partial charge in [0.05, 0.1) is 12.8 Å². The topological polar surface area (TPSA) is 59.4 Å². The minimum absolute atomic E-state index is 0.00468. The lowest BCUT2D eigenvalue weighted by Gasteiger charge is -2.27. The summed E-state index contributed by atoms with van der Waals surface area (Å²) >= 11 is 0. The van der Waals surface area contributed by atoms with Crippen LogP contribution in [0.15, 0.2) is 29.1 Å². The standard InChI is InChI=1S/C22H29FN4O2/c1-29-21-7-6-17(13-19(21)23)20-14-18(3-2-10-26-11-8-24-9-12-26)22(28)27(25-20)15-16-4-5-16/h6-7,13-14,16,24H,2-5,8-12,15H2,1H3. The zero-order valence-corrected chi connectivity index (χ0v) is 17.0. The first-order chi connectivity index (χ1) is 14.1. The average molecular weight is 400 g/mol. The lowest BCUT2D eigenvalue weighted by molar-refractivity contribution is 0.238. The van der Waals surface area contributed by atoms with Gasteiger partial charge in [-0.05, 0) is 62.4 Å². The molecule has 1 saturated carbocycles. The lowest BCUT2D eigenvalue weighted by Crippen LogP contribution is -2.43. The molecule has 1 aliphatic carbocycles. The highest BCUT2D eigenvalue weighted by atomic mass is 19.1. The van der Waals surface area contributed by atoms with Crippen LogP contribution in [0.3, 0.4) is 0 Å². The Morgan fingerprint density at radius 2 is 2.03 bits per heavy atom. The Balaban J connectivity index is 1.56. The molecule has 0 radical (unpaired) electrons. The van der Waals surface area contributed by atoms with Crippen molar-refractivity contribution >= 4 is 0 Å². The fourth-order valence-electron chi connectivity index (χ4n) is 3.84. The van der Waals surface area contributed by atoms with E-state index in [1.807, 2.05) is 6.07 Å². The van der Waals surface area contributed by atoms with Crippen LogP contribution in [0.1, 0.15) is 24.8 Å². The number of hydrogen-bond donors (Lipinski definition) is 1. The van der Waals surface area contributed by atoms with E-state index in [-0.39, 0.29) is 11.3 Å². The fraction of sp³-hybridized carbons (Fsp3) is 0.545. The van der Waals surface area contributed by atoms with Crippen molar-refractivity contribution in [1.29, 1.82) is 0 Å². The van der Waals surface area contributed by atoms with Gasteiger partial charge in [-0.25, -0.2) is 9.07 Å². The summed E-state index contributed by atoms with van der Waals surface area (Å²) in [5.41, 5.74) is 2.07. The summed E-state index contributed by atoms with van der Waals surface area (Å²) in [6.45, 7) is 5.79. The van der Waals surface area contributed by atoms with Crippen LogP contribution in [0.5, 0.6) is 5.75 Å². The van der Waals surface area contributed by atoms with E-state index in [1.165, 1.54) is 13.2 Å². The average Bonchev–Trinajstić information content (AvgIpc) is 3.55. The summed E-state index contributed by atoms with van der Waals surface area (Å²) in [6.07, 6.45) is 3.93. The van der Waals surface area contributed by atoms with Gasteiger partial charge in [0.2, 0.25) is 0 Å². The van der Waals surface area contributed by atoms with Crippen molar-refractivity contribution < 1.29 is 9.13 Å². The molecule has 1 aromatic carbocycles. The van der Waals surface area contributed by atoms with Crippen LogP contribution >= 0.6 is 0 Å². The second-order valence-electron chi connectivity index (χ2n) is 8.03. The van der Waals surface area contributed by atoms with Gasteiger partial charge < -0.3 is 15.0 Å². The predicted octanol–water partition coefficient (Wildman–Crippen LogP) is 2.31. The van der Waals surface area contributed by atoms with Gasteiger partial charge in [0.15, 0.2) is 11.6 Å². The van der Waals surface area contributed by atoms with Crippen molar-refractivity contribution in [2.45, 2.75) is 32.2 Å². The summed E-state index contributed by atoms with van der Waals surface area (Å²) in [4.78, 5) is 15.4. The number of nitrogens with one attached hydrogen (secondary N) is 1. The van der Waals surface area contributed by atoms with E-state index in [0.29, 0.717) is 30.1 Å². The molecule has 4 rings (SSSR count). The van der Waals surface area contributed by atoms with Crippen LogP contribution in [0.4, 0.5) is 4.39 Å². The maximum Gasteiger partial charge on any atom is 0.269 e. The van der Waals surface area contributed by atoms with Crippen molar-refractivity contribution in [2.75, 3.05) is 39.8 Å². The monoisotopic (exact) mass is 400 g/mol. The van der Waals surface area contributed by atoms with Crippen LogP contribution in [-0.4, -0.2) is 54.5 Å². The van der Waals surface area contributed by atoms with Gasteiger partial charge in [-0.15, -0.1) is 0 Å². The number of methoxy groups -OCH3 is 1. The molecule has 156 valence electrons. The first-order valence-electron chi connectivity index (χ1n) is 10.5. The van der Waals surface area contributed by atoms with Gasteiger partial charge in [-0.1, -0.05) is 0 Å². The largest absolute Gasteiger partial charge is 0.494 e. The first kappa shape index (κ1) is 20.0. The molecular formula is C22H29FN4O2. The number of hydrogen-bond acceptors (Lipinski definition) is 5. The molecule has 29 heavy (non-hydrogen) atoms. The molecular weight excluding hydrogens is 371 g/mol. The maximum atomic E-state index is 14.2. The number of ether oxygens (including phenoxy) is 1. The molecule has 0 atom stereocenters. The highest BCUT2D eigenvalue weighted by Gasteiger charge is 2.24. The molecule has 0 amide bonds. The Bertz CT molecular complexity index is 904. The molecule has 0 bridgehead atoms. The maximum absolute atomic E-state index is 14.2. The molecule has 1 N–H and O–H groups in total. The third-order valence-electron chi connectivity index (χ3n) is 5.75. The van der Waals surface area contributed by atoms with E-state index >= 15 is 0 Å². The number of aromatic nitrogens is 2. The lowest BCUT2D eigenvalue weighted by atomic mass is 10.1. The highest BCUT2D eigenvalue weighted by Crippen LogP contribution is 2.30. The quantitative estimate of drug-likeness (QED) is 0.737. The molecule has 0 spiro atoms. The van der Waals surface area contributed by atoms with E-state index in [4.69, 9.17) is 4.74 Å². The Morgan fingerprint density at radius 3 is 2.72 bits per heavy atom. The van der Waals surface area contributed by atoms with Crippen LogP contribution in [0.25, 0.3) is 11.3 Å². The van der Waals surface area contributed by atoms with E-state index in [1.54, 1.807) is 16.8 Å². The Morgan fingerprint density at radius 1 is 1.24 bits per heavy atom. The normalized spacial score (nSPS) is 17.4. The van der Waals surface area contributed by atoms with Gasteiger partial charge >= 0.3 is 0 Å².